The Morgan fingerprint density at radius 2 is 1.92 bits per heavy atom. The Hall–Kier alpha value is -3.28. The molecule has 0 saturated carbocycles. The van der Waals surface area contributed by atoms with Gasteiger partial charge in [-0.25, -0.2) is 4.79 Å². The minimum atomic E-state index is -0.657. The maximum absolute atomic E-state index is 12.2. The van der Waals surface area contributed by atoms with Crippen LogP contribution in [0.1, 0.15) is 21.7 Å². The second-order valence-corrected chi connectivity index (χ2v) is 5.76. The van der Waals surface area contributed by atoms with Gasteiger partial charge in [-0.05, 0) is 30.7 Å². The van der Waals surface area contributed by atoms with E-state index in [1.807, 2.05) is 42.5 Å². The number of fused-ring (bicyclic) bond motifs is 1. The van der Waals surface area contributed by atoms with Gasteiger partial charge in [0.15, 0.2) is 6.61 Å². The van der Waals surface area contributed by atoms with Crippen molar-refractivity contribution in [2.75, 3.05) is 13.7 Å². The van der Waals surface area contributed by atoms with Crippen molar-refractivity contribution in [2.24, 2.45) is 0 Å². The lowest BCUT2D eigenvalue weighted by Crippen LogP contribution is -2.28. The van der Waals surface area contributed by atoms with Crippen LogP contribution >= 0.6 is 0 Å². The van der Waals surface area contributed by atoms with Crippen LogP contribution in [0, 0.1) is 6.92 Å². The molecule has 1 amide bonds. The summed E-state index contributed by atoms with van der Waals surface area (Å²) in [6.45, 7) is 1.72. The molecular weight excluding hydrogens is 334 g/mol. The molecule has 0 bridgehead atoms. The third-order valence-electron chi connectivity index (χ3n) is 3.99. The average Bonchev–Trinajstić information content (AvgIpc) is 3.01. The minimum Gasteiger partial charge on any atom is -0.497 e. The van der Waals surface area contributed by atoms with Crippen molar-refractivity contribution in [1.29, 1.82) is 0 Å². The molecule has 0 radical (unpaired) electrons. The van der Waals surface area contributed by atoms with E-state index in [-0.39, 0.29) is 12.4 Å². The van der Waals surface area contributed by atoms with Gasteiger partial charge in [-0.1, -0.05) is 30.3 Å². The van der Waals surface area contributed by atoms with Gasteiger partial charge in [0.25, 0.3) is 5.91 Å². The molecule has 0 unspecified atom stereocenters. The van der Waals surface area contributed by atoms with E-state index < -0.39 is 11.9 Å². The molecule has 0 aliphatic carbocycles. The Balaban J connectivity index is 1.55. The van der Waals surface area contributed by atoms with Crippen LogP contribution in [0.5, 0.6) is 5.75 Å². The number of hydrogen-bond acceptors (Lipinski definition) is 5. The second kappa shape index (κ2) is 7.74. The molecule has 1 heterocycles. The number of methoxy groups -OCH3 is 1. The minimum absolute atomic E-state index is 0.117. The van der Waals surface area contributed by atoms with E-state index in [9.17, 15) is 9.59 Å². The van der Waals surface area contributed by atoms with E-state index in [1.165, 1.54) is 0 Å². The first kappa shape index (κ1) is 17.5. The molecule has 3 rings (SSSR count). The molecule has 0 atom stereocenters. The maximum atomic E-state index is 12.2. The largest absolute Gasteiger partial charge is 0.497 e. The number of hydrogen-bond donors (Lipinski definition) is 1. The van der Waals surface area contributed by atoms with E-state index in [0.29, 0.717) is 23.4 Å². The molecule has 0 aliphatic heterocycles. The monoisotopic (exact) mass is 353 g/mol. The van der Waals surface area contributed by atoms with Crippen LogP contribution in [0.2, 0.25) is 0 Å². The predicted molar refractivity (Wildman–Crippen MR) is 96.1 cm³/mol. The molecule has 134 valence electrons. The van der Waals surface area contributed by atoms with Crippen LogP contribution in [-0.4, -0.2) is 25.6 Å². The first-order chi connectivity index (χ1) is 12.6. The van der Waals surface area contributed by atoms with E-state index in [1.54, 1.807) is 20.1 Å². The van der Waals surface area contributed by atoms with Gasteiger partial charge in [0.2, 0.25) is 5.76 Å². The molecule has 1 aromatic heterocycles. The molecule has 1 N–H and O–H groups in total. The zero-order valence-corrected chi connectivity index (χ0v) is 14.6. The number of para-hydroxylation sites is 1. The van der Waals surface area contributed by atoms with E-state index in [4.69, 9.17) is 13.9 Å². The molecule has 3 aromatic rings. The summed E-state index contributed by atoms with van der Waals surface area (Å²) in [7, 11) is 1.58. The van der Waals surface area contributed by atoms with E-state index in [2.05, 4.69) is 5.32 Å². The summed E-state index contributed by atoms with van der Waals surface area (Å²) in [5.41, 5.74) is 2.19. The summed E-state index contributed by atoms with van der Waals surface area (Å²) < 4.78 is 15.7. The number of furan rings is 1. The third kappa shape index (κ3) is 3.85. The quantitative estimate of drug-likeness (QED) is 0.689. The normalized spacial score (nSPS) is 10.5. The predicted octanol–water partition coefficient (Wildman–Crippen LogP) is 3.22. The number of aryl methyl sites for hydroxylation is 1. The van der Waals surface area contributed by atoms with Gasteiger partial charge in [-0.15, -0.1) is 0 Å². The Kier molecular flexibility index (Phi) is 5.22. The van der Waals surface area contributed by atoms with Crippen molar-refractivity contribution in [3.63, 3.8) is 0 Å². The average molecular weight is 353 g/mol. The fraction of sp³-hybridized carbons (Fsp3) is 0.200. The van der Waals surface area contributed by atoms with Gasteiger partial charge in [0, 0.05) is 17.5 Å². The molecule has 6 nitrogen and oxygen atoms in total. The van der Waals surface area contributed by atoms with Crippen LogP contribution in [-0.2, 0) is 16.1 Å². The Morgan fingerprint density at radius 1 is 1.12 bits per heavy atom. The van der Waals surface area contributed by atoms with Crippen molar-refractivity contribution in [3.05, 3.63) is 65.4 Å². The molecule has 0 fully saturated rings. The van der Waals surface area contributed by atoms with Crippen molar-refractivity contribution in [1.82, 2.24) is 5.32 Å². The van der Waals surface area contributed by atoms with Crippen molar-refractivity contribution < 1.29 is 23.5 Å². The van der Waals surface area contributed by atoms with Crippen molar-refractivity contribution in [2.45, 2.75) is 13.5 Å². The number of esters is 1. The van der Waals surface area contributed by atoms with Crippen molar-refractivity contribution in [3.8, 4) is 5.75 Å². The molecule has 6 heteroatoms. The zero-order chi connectivity index (χ0) is 18.5. The molecule has 26 heavy (non-hydrogen) atoms. The van der Waals surface area contributed by atoms with Crippen molar-refractivity contribution >= 4 is 22.8 Å². The summed E-state index contributed by atoms with van der Waals surface area (Å²) in [6, 6.07) is 14.7. The highest BCUT2D eigenvalue weighted by atomic mass is 16.5. The summed E-state index contributed by atoms with van der Waals surface area (Å²) in [4.78, 5) is 24.1. The number of rotatable bonds is 6. The fourth-order valence-corrected chi connectivity index (χ4v) is 2.60. The topological polar surface area (TPSA) is 77.8 Å². The van der Waals surface area contributed by atoms with Gasteiger partial charge in [0.05, 0.1) is 7.11 Å². The molecular formula is C20H19NO5. The first-order valence-electron chi connectivity index (χ1n) is 8.13. The highest BCUT2D eigenvalue weighted by Gasteiger charge is 2.19. The Bertz CT molecular complexity index is 944. The number of amides is 1. The van der Waals surface area contributed by atoms with Crippen LogP contribution in [0.3, 0.4) is 0 Å². The van der Waals surface area contributed by atoms with Gasteiger partial charge >= 0.3 is 5.97 Å². The Morgan fingerprint density at radius 3 is 2.69 bits per heavy atom. The lowest BCUT2D eigenvalue weighted by Gasteiger charge is -2.07. The zero-order valence-electron chi connectivity index (χ0n) is 14.6. The van der Waals surface area contributed by atoms with Gasteiger partial charge < -0.3 is 19.2 Å². The highest BCUT2D eigenvalue weighted by Crippen LogP contribution is 2.25. The molecule has 0 aliphatic rings. The first-order valence-corrected chi connectivity index (χ1v) is 8.13. The number of nitrogens with one attached hydrogen (secondary N) is 1. The second-order valence-electron chi connectivity index (χ2n) is 5.76. The van der Waals surface area contributed by atoms with E-state index in [0.717, 1.165) is 10.9 Å². The van der Waals surface area contributed by atoms with Gasteiger partial charge in [-0.3, -0.25) is 4.79 Å². The summed E-state index contributed by atoms with van der Waals surface area (Å²) in [5.74, 6) is -0.222. The van der Waals surface area contributed by atoms with Crippen LogP contribution in [0.4, 0.5) is 0 Å². The third-order valence-corrected chi connectivity index (χ3v) is 3.99. The lowest BCUT2D eigenvalue weighted by molar-refractivity contribution is -0.124. The molecule has 2 aromatic carbocycles. The summed E-state index contributed by atoms with van der Waals surface area (Å²) in [5, 5.41) is 3.54. The van der Waals surface area contributed by atoms with Crippen LogP contribution in [0.15, 0.2) is 52.9 Å². The summed E-state index contributed by atoms with van der Waals surface area (Å²) in [6.07, 6.45) is 0. The number of ether oxygens (including phenoxy) is 2. The number of benzene rings is 2. The number of carbonyl (C=O) groups excluding carboxylic acids is 2. The van der Waals surface area contributed by atoms with Gasteiger partial charge in [-0.2, -0.15) is 0 Å². The summed E-state index contributed by atoms with van der Waals surface area (Å²) >= 11 is 0. The van der Waals surface area contributed by atoms with Gasteiger partial charge in [0.1, 0.15) is 11.3 Å². The highest BCUT2D eigenvalue weighted by molar-refractivity contribution is 5.96. The maximum Gasteiger partial charge on any atom is 0.375 e. The van der Waals surface area contributed by atoms with Crippen LogP contribution in [0.25, 0.3) is 11.0 Å². The number of carbonyl (C=O) groups is 2. The smallest absolute Gasteiger partial charge is 0.375 e. The Labute approximate surface area is 150 Å². The van der Waals surface area contributed by atoms with E-state index >= 15 is 0 Å². The standard InChI is InChI=1S/C20H19NO5/c1-13-16-8-3-4-9-17(16)26-19(13)20(23)25-12-18(22)21-11-14-6-5-7-15(10-14)24-2/h3-10H,11-12H2,1-2H3,(H,21,22). The van der Waals surface area contributed by atoms with Crippen LogP contribution < -0.4 is 10.1 Å². The lowest BCUT2D eigenvalue weighted by atomic mass is 10.1. The SMILES string of the molecule is COc1cccc(CNC(=O)COC(=O)c2oc3ccccc3c2C)c1. The fourth-order valence-electron chi connectivity index (χ4n) is 2.60. The molecule has 0 saturated heterocycles. The molecule has 0 spiro atoms.